The highest BCUT2D eigenvalue weighted by molar-refractivity contribution is 6.31. The van der Waals surface area contributed by atoms with Crippen LogP contribution in [0.4, 0.5) is 10.1 Å². The molecule has 5 aromatic rings. The molecule has 5 nitrogen and oxygen atoms in total. The topological polar surface area (TPSA) is 54.9 Å². The summed E-state index contributed by atoms with van der Waals surface area (Å²) in [4.78, 5) is 8.02. The van der Waals surface area contributed by atoms with Crippen molar-refractivity contribution in [1.29, 1.82) is 0 Å². The Labute approximate surface area is 218 Å². The van der Waals surface area contributed by atoms with Crippen LogP contribution in [0.15, 0.2) is 73.2 Å². The lowest BCUT2D eigenvalue weighted by Gasteiger charge is -2.15. The van der Waals surface area contributed by atoms with Crippen molar-refractivity contribution in [2.24, 2.45) is 0 Å². The average Bonchev–Trinajstić information content (AvgIpc) is 3.47. The van der Waals surface area contributed by atoms with Crippen LogP contribution in [-0.4, -0.2) is 34.8 Å². The fraction of sp³-hybridized carbons (Fsp3) is 0.179. The van der Waals surface area contributed by atoms with Crippen LogP contribution in [0.2, 0.25) is 10.0 Å². The number of rotatable bonds is 9. The maximum absolute atomic E-state index is 14.5. The van der Waals surface area contributed by atoms with Gasteiger partial charge in [0.1, 0.15) is 5.82 Å². The number of benzene rings is 3. The van der Waals surface area contributed by atoms with Crippen LogP contribution in [0, 0.1) is 5.82 Å². The maximum atomic E-state index is 14.5. The number of fused-ring (bicyclic) bond motifs is 1. The summed E-state index contributed by atoms with van der Waals surface area (Å²) in [5, 5.41) is 4.96. The van der Waals surface area contributed by atoms with Crippen LogP contribution in [0.25, 0.3) is 33.4 Å². The Hall–Kier alpha value is -3.32. The molecule has 3 aromatic carbocycles. The van der Waals surface area contributed by atoms with E-state index in [9.17, 15) is 4.39 Å². The molecule has 0 radical (unpaired) electrons. The summed E-state index contributed by atoms with van der Waals surface area (Å²) in [5.41, 5.74) is 6.30. The van der Waals surface area contributed by atoms with E-state index < -0.39 is 5.82 Å². The largest absolute Gasteiger partial charge is 0.385 e. The van der Waals surface area contributed by atoms with Crippen LogP contribution in [0.1, 0.15) is 12.0 Å². The van der Waals surface area contributed by atoms with Crippen molar-refractivity contribution in [3.05, 3.63) is 94.6 Å². The third kappa shape index (κ3) is 4.98. The van der Waals surface area contributed by atoms with E-state index in [2.05, 4.69) is 14.9 Å². The van der Waals surface area contributed by atoms with Crippen LogP contribution < -0.4 is 5.32 Å². The second-order valence-electron chi connectivity index (χ2n) is 8.52. The highest BCUT2D eigenvalue weighted by Crippen LogP contribution is 2.38. The Morgan fingerprint density at radius 2 is 1.92 bits per heavy atom. The van der Waals surface area contributed by atoms with Gasteiger partial charge in [0.05, 0.1) is 29.3 Å². The lowest BCUT2D eigenvalue weighted by molar-refractivity contribution is 0.198. The summed E-state index contributed by atoms with van der Waals surface area (Å²) in [6.07, 6.45) is 4.58. The Kier molecular flexibility index (Phi) is 7.28. The molecule has 0 amide bonds. The van der Waals surface area contributed by atoms with Crippen molar-refractivity contribution in [3.63, 3.8) is 0 Å². The lowest BCUT2D eigenvalue weighted by Crippen LogP contribution is -2.09. The average molecular weight is 523 g/mol. The standard InChI is InChI=1S/C28H25Cl2FN4O/c1-36-11-5-10-32-25-12-20(29)9-8-19(25)16-35-17-34-27(18-6-3-2-4-7-18)28(35)22-15-33-26-14-23(30)24(31)13-21(22)26/h2-4,6-9,12-15,17,32-33H,5,10-11,16H2,1H3. The third-order valence-electron chi connectivity index (χ3n) is 6.12. The molecule has 0 spiro atoms. The fourth-order valence-corrected chi connectivity index (χ4v) is 4.71. The molecule has 36 heavy (non-hydrogen) atoms. The number of hydrogen-bond donors (Lipinski definition) is 2. The van der Waals surface area contributed by atoms with Crippen LogP contribution in [-0.2, 0) is 11.3 Å². The summed E-state index contributed by atoms with van der Waals surface area (Å²) >= 11 is 12.4. The first-order chi connectivity index (χ1) is 17.5. The van der Waals surface area contributed by atoms with E-state index in [4.69, 9.17) is 32.9 Å². The third-order valence-corrected chi connectivity index (χ3v) is 6.64. The Balaban J connectivity index is 1.61. The fourth-order valence-electron chi connectivity index (χ4n) is 4.38. The van der Waals surface area contributed by atoms with Crippen molar-refractivity contribution >= 4 is 39.8 Å². The Bertz CT molecular complexity index is 1500. The van der Waals surface area contributed by atoms with Gasteiger partial charge in [-0.2, -0.15) is 0 Å². The van der Waals surface area contributed by atoms with Gasteiger partial charge in [-0.15, -0.1) is 0 Å². The van der Waals surface area contributed by atoms with E-state index >= 15 is 0 Å². The number of methoxy groups -OCH3 is 1. The molecule has 0 fully saturated rings. The van der Waals surface area contributed by atoms with Crippen LogP contribution in [0.3, 0.4) is 0 Å². The maximum Gasteiger partial charge on any atom is 0.142 e. The van der Waals surface area contributed by atoms with E-state index in [1.165, 1.54) is 6.07 Å². The number of anilines is 1. The number of nitrogens with one attached hydrogen (secondary N) is 2. The molecule has 0 bridgehead atoms. The predicted octanol–water partition coefficient (Wildman–Crippen LogP) is 7.64. The second kappa shape index (κ2) is 10.7. The van der Waals surface area contributed by atoms with Crippen molar-refractivity contribution in [1.82, 2.24) is 14.5 Å². The number of ether oxygens (including phenoxy) is 1. The molecule has 0 aliphatic carbocycles. The van der Waals surface area contributed by atoms with Gasteiger partial charge in [0.2, 0.25) is 0 Å². The van der Waals surface area contributed by atoms with Gasteiger partial charge in [0.15, 0.2) is 0 Å². The predicted molar refractivity (Wildman–Crippen MR) is 145 cm³/mol. The molecule has 2 N–H and O–H groups in total. The molecule has 0 unspecified atom stereocenters. The second-order valence-corrected chi connectivity index (χ2v) is 9.37. The monoisotopic (exact) mass is 522 g/mol. The first-order valence-electron chi connectivity index (χ1n) is 11.6. The summed E-state index contributed by atoms with van der Waals surface area (Å²) in [6, 6.07) is 18.9. The number of halogens is 3. The minimum absolute atomic E-state index is 0.0815. The summed E-state index contributed by atoms with van der Waals surface area (Å²) in [5.74, 6) is -0.461. The molecule has 0 aliphatic rings. The molecule has 0 saturated carbocycles. The molecular formula is C28H25Cl2FN4O. The zero-order chi connectivity index (χ0) is 25.1. The van der Waals surface area contributed by atoms with Gasteiger partial charge in [0, 0.05) is 59.2 Å². The van der Waals surface area contributed by atoms with Gasteiger partial charge in [-0.1, -0.05) is 59.6 Å². The van der Waals surface area contributed by atoms with Crippen LogP contribution in [0.5, 0.6) is 0 Å². The lowest BCUT2D eigenvalue weighted by atomic mass is 10.0. The number of imidazole rings is 1. The molecule has 0 atom stereocenters. The van der Waals surface area contributed by atoms with E-state index in [-0.39, 0.29) is 5.02 Å². The minimum Gasteiger partial charge on any atom is -0.385 e. The Morgan fingerprint density at radius 1 is 1.08 bits per heavy atom. The van der Waals surface area contributed by atoms with Gasteiger partial charge in [0.25, 0.3) is 0 Å². The van der Waals surface area contributed by atoms with Gasteiger partial charge < -0.3 is 19.6 Å². The smallest absolute Gasteiger partial charge is 0.142 e. The number of H-pyrrole nitrogens is 1. The van der Waals surface area contributed by atoms with Gasteiger partial charge in [-0.3, -0.25) is 0 Å². The number of aromatic nitrogens is 3. The number of hydrogen-bond acceptors (Lipinski definition) is 3. The van der Waals surface area contributed by atoms with Gasteiger partial charge >= 0.3 is 0 Å². The first kappa shape index (κ1) is 24.4. The highest BCUT2D eigenvalue weighted by Gasteiger charge is 2.20. The summed E-state index contributed by atoms with van der Waals surface area (Å²) in [6.45, 7) is 1.98. The van der Waals surface area contributed by atoms with Crippen molar-refractivity contribution in [3.8, 4) is 22.5 Å². The molecule has 184 valence electrons. The van der Waals surface area contributed by atoms with Gasteiger partial charge in [-0.05, 0) is 36.2 Å². The zero-order valence-electron chi connectivity index (χ0n) is 19.7. The van der Waals surface area contributed by atoms with E-state index in [0.29, 0.717) is 18.2 Å². The SMILES string of the molecule is COCCCNc1cc(Cl)ccc1Cn1cnc(-c2ccccc2)c1-c1c[nH]c2cc(Cl)c(F)cc12. The molecular weight excluding hydrogens is 498 g/mol. The van der Waals surface area contributed by atoms with Crippen molar-refractivity contribution in [2.45, 2.75) is 13.0 Å². The quantitative estimate of drug-likeness (QED) is 0.195. The molecule has 8 heteroatoms. The van der Waals surface area contributed by atoms with E-state index in [0.717, 1.165) is 57.6 Å². The molecule has 2 heterocycles. The van der Waals surface area contributed by atoms with E-state index in [1.54, 1.807) is 13.2 Å². The molecule has 0 aliphatic heterocycles. The number of aromatic amines is 1. The molecule has 5 rings (SSSR count). The number of nitrogens with zero attached hydrogens (tertiary/aromatic N) is 2. The van der Waals surface area contributed by atoms with Crippen LogP contribution >= 0.6 is 23.2 Å². The van der Waals surface area contributed by atoms with Gasteiger partial charge in [-0.25, -0.2) is 9.37 Å². The molecule has 0 saturated heterocycles. The van der Waals surface area contributed by atoms with E-state index in [1.807, 2.05) is 61.1 Å². The van der Waals surface area contributed by atoms with Crippen molar-refractivity contribution < 1.29 is 9.13 Å². The zero-order valence-corrected chi connectivity index (χ0v) is 21.2. The highest BCUT2D eigenvalue weighted by atomic mass is 35.5. The Morgan fingerprint density at radius 3 is 2.72 bits per heavy atom. The summed E-state index contributed by atoms with van der Waals surface area (Å²) in [7, 11) is 1.69. The first-order valence-corrected chi connectivity index (χ1v) is 12.4. The normalized spacial score (nSPS) is 11.3. The van der Waals surface area contributed by atoms with Crippen molar-refractivity contribution in [2.75, 3.05) is 25.6 Å². The molecule has 2 aromatic heterocycles. The summed E-state index contributed by atoms with van der Waals surface area (Å²) < 4.78 is 21.7. The minimum atomic E-state index is -0.461.